The maximum atomic E-state index is 13.5. The molecule has 5 heteroatoms. The molecule has 0 atom stereocenters. The van der Waals surface area contributed by atoms with E-state index in [0.29, 0.717) is 17.0 Å². The third-order valence-corrected chi connectivity index (χ3v) is 6.71. The lowest BCUT2D eigenvalue weighted by Crippen LogP contribution is -2.31. The number of halogens is 3. The van der Waals surface area contributed by atoms with Gasteiger partial charge < -0.3 is 9.47 Å². The molecule has 0 bridgehead atoms. The van der Waals surface area contributed by atoms with Crippen LogP contribution in [0, 0.1) is 29.3 Å². The Morgan fingerprint density at radius 3 is 1.59 bits per heavy atom. The first-order valence-electron chi connectivity index (χ1n) is 11.2. The van der Waals surface area contributed by atoms with Gasteiger partial charge in [0.15, 0.2) is 23.7 Å². The SMILES string of the molecule is Fc1cc(-c2ccc(-c3ccc(C4OCC(C5CCCC5)CO4)cc3)cc2)cc(F)c1F. The summed E-state index contributed by atoms with van der Waals surface area (Å²) in [6, 6.07) is 17.3. The van der Waals surface area contributed by atoms with Gasteiger partial charge in [-0.1, -0.05) is 74.2 Å². The fourth-order valence-electron chi connectivity index (χ4n) is 4.82. The Balaban J connectivity index is 1.25. The molecule has 2 aliphatic rings. The van der Waals surface area contributed by atoms with E-state index in [4.69, 9.17) is 9.47 Å². The molecule has 5 rings (SSSR count). The summed E-state index contributed by atoms with van der Waals surface area (Å²) in [5.41, 5.74) is 3.88. The Labute approximate surface area is 186 Å². The van der Waals surface area contributed by atoms with Gasteiger partial charge in [0.25, 0.3) is 0 Å². The maximum absolute atomic E-state index is 13.5. The topological polar surface area (TPSA) is 18.5 Å². The minimum Gasteiger partial charge on any atom is -0.348 e. The summed E-state index contributed by atoms with van der Waals surface area (Å²) in [5.74, 6) is -2.59. The minimum absolute atomic E-state index is 0.297. The first-order valence-corrected chi connectivity index (χ1v) is 11.2. The third-order valence-electron chi connectivity index (χ3n) is 6.71. The molecule has 3 aromatic rings. The van der Waals surface area contributed by atoms with Crippen molar-refractivity contribution in [2.24, 2.45) is 11.8 Å². The van der Waals surface area contributed by atoms with Crippen molar-refractivity contribution in [1.82, 2.24) is 0 Å². The zero-order chi connectivity index (χ0) is 22.1. The molecule has 1 heterocycles. The first-order chi connectivity index (χ1) is 15.6. The van der Waals surface area contributed by atoms with Gasteiger partial charge in [0, 0.05) is 11.5 Å². The van der Waals surface area contributed by atoms with E-state index in [2.05, 4.69) is 0 Å². The molecule has 2 fully saturated rings. The minimum atomic E-state index is -1.45. The van der Waals surface area contributed by atoms with Crippen LogP contribution in [-0.4, -0.2) is 13.2 Å². The van der Waals surface area contributed by atoms with Gasteiger partial charge in [-0.15, -0.1) is 0 Å². The average molecular weight is 438 g/mol. The van der Waals surface area contributed by atoms with E-state index < -0.39 is 17.5 Å². The van der Waals surface area contributed by atoms with Crippen LogP contribution in [0.25, 0.3) is 22.3 Å². The summed E-state index contributed by atoms with van der Waals surface area (Å²) in [7, 11) is 0. The molecule has 1 saturated carbocycles. The summed E-state index contributed by atoms with van der Waals surface area (Å²) < 4.78 is 52.3. The van der Waals surface area contributed by atoms with Gasteiger partial charge in [0.05, 0.1) is 13.2 Å². The molecule has 0 N–H and O–H groups in total. The average Bonchev–Trinajstić information content (AvgIpc) is 3.38. The molecule has 0 aromatic heterocycles. The fourth-order valence-corrected chi connectivity index (χ4v) is 4.82. The number of benzene rings is 3. The standard InChI is InChI=1S/C27H25F3O2/c28-24-13-22(14-25(29)26(24)30)20-7-5-18(6-8-20)19-9-11-21(12-10-19)27-31-15-23(16-32-27)17-3-1-2-4-17/h5-14,17,23,27H,1-4,15-16H2. The number of ether oxygens (including phenoxy) is 2. The van der Waals surface area contributed by atoms with Crippen molar-refractivity contribution in [3.63, 3.8) is 0 Å². The Kier molecular flexibility index (Phi) is 6.03. The lowest BCUT2D eigenvalue weighted by molar-refractivity contribution is -0.212. The Morgan fingerprint density at radius 1 is 0.594 bits per heavy atom. The van der Waals surface area contributed by atoms with Crippen LogP contribution in [0.15, 0.2) is 60.7 Å². The highest BCUT2D eigenvalue weighted by Gasteiger charge is 2.31. The smallest absolute Gasteiger partial charge is 0.194 e. The van der Waals surface area contributed by atoms with Gasteiger partial charge in [0.1, 0.15) is 0 Å². The van der Waals surface area contributed by atoms with E-state index in [1.54, 1.807) is 12.1 Å². The van der Waals surface area contributed by atoms with Gasteiger partial charge in [-0.25, -0.2) is 13.2 Å². The molecule has 0 unspecified atom stereocenters. The quantitative estimate of drug-likeness (QED) is 0.398. The monoisotopic (exact) mass is 438 g/mol. The number of hydrogen-bond donors (Lipinski definition) is 0. The van der Waals surface area contributed by atoms with Crippen LogP contribution in [0.5, 0.6) is 0 Å². The zero-order valence-corrected chi connectivity index (χ0v) is 17.7. The van der Waals surface area contributed by atoms with E-state index in [-0.39, 0.29) is 6.29 Å². The van der Waals surface area contributed by atoms with Gasteiger partial charge >= 0.3 is 0 Å². The van der Waals surface area contributed by atoms with Crippen LogP contribution in [0.1, 0.15) is 37.5 Å². The lowest BCUT2D eigenvalue weighted by atomic mass is 9.91. The van der Waals surface area contributed by atoms with Gasteiger partial charge in [-0.3, -0.25) is 0 Å². The Hall–Kier alpha value is -2.63. The number of rotatable bonds is 4. The Morgan fingerprint density at radius 2 is 1.06 bits per heavy atom. The molecular weight excluding hydrogens is 413 g/mol. The second-order valence-corrected chi connectivity index (χ2v) is 8.76. The van der Waals surface area contributed by atoms with Gasteiger partial charge in [-0.05, 0) is 40.3 Å². The maximum Gasteiger partial charge on any atom is 0.194 e. The van der Waals surface area contributed by atoms with E-state index in [0.717, 1.165) is 48.0 Å². The highest BCUT2D eigenvalue weighted by Crippen LogP contribution is 2.36. The molecular formula is C27H25F3O2. The van der Waals surface area contributed by atoms with E-state index in [1.807, 2.05) is 36.4 Å². The molecule has 166 valence electrons. The van der Waals surface area contributed by atoms with Crippen molar-refractivity contribution >= 4 is 0 Å². The van der Waals surface area contributed by atoms with Crippen molar-refractivity contribution in [2.45, 2.75) is 32.0 Å². The Bertz CT molecular complexity index is 1040. The molecule has 0 amide bonds. The predicted molar refractivity (Wildman–Crippen MR) is 117 cm³/mol. The van der Waals surface area contributed by atoms with Crippen LogP contribution in [0.3, 0.4) is 0 Å². The largest absolute Gasteiger partial charge is 0.348 e. The molecule has 0 spiro atoms. The molecule has 2 nitrogen and oxygen atoms in total. The molecule has 32 heavy (non-hydrogen) atoms. The van der Waals surface area contributed by atoms with E-state index in [9.17, 15) is 13.2 Å². The van der Waals surface area contributed by atoms with Gasteiger partial charge in [-0.2, -0.15) is 0 Å². The molecule has 1 aliphatic heterocycles. The van der Waals surface area contributed by atoms with Crippen LogP contribution in [-0.2, 0) is 9.47 Å². The molecule has 1 aliphatic carbocycles. The lowest BCUT2D eigenvalue weighted by Gasteiger charge is -2.32. The first kappa shape index (κ1) is 21.2. The highest BCUT2D eigenvalue weighted by molar-refractivity contribution is 5.70. The van der Waals surface area contributed by atoms with Crippen LogP contribution < -0.4 is 0 Å². The van der Waals surface area contributed by atoms with Crippen molar-refractivity contribution in [3.8, 4) is 22.3 Å². The molecule has 3 aromatic carbocycles. The summed E-state index contributed by atoms with van der Waals surface area (Å²) in [5, 5.41) is 0. The van der Waals surface area contributed by atoms with Crippen molar-refractivity contribution in [2.75, 3.05) is 13.2 Å². The zero-order valence-electron chi connectivity index (χ0n) is 17.7. The van der Waals surface area contributed by atoms with Crippen LogP contribution in [0.2, 0.25) is 0 Å². The highest BCUT2D eigenvalue weighted by atomic mass is 19.2. The van der Waals surface area contributed by atoms with E-state index in [1.165, 1.54) is 25.7 Å². The normalized spacial score (nSPS) is 21.7. The summed E-state index contributed by atoms with van der Waals surface area (Å²) in [4.78, 5) is 0. The van der Waals surface area contributed by atoms with Crippen molar-refractivity contribution < 1.29 is 22.6 Å². The summed E-state index contributed by atoms with van der Waals surface area (Å²) in [6.07, 6.45) is 4.91. The van der Waals surface area contributed by atoms with Crippen molar-refractivity contribution in [3.05, 3.63) is 83.7 Å². The summed E-state index contributed by atoms with van der Waals surface area (Å²) in [6.45, 7) is 1.51. The fraction of sp³-hybridized carbons (Fsp3) is 0.333. The van der Waals surface area contributed by atoms with Crippen LogP contribution >= 0.6 is 0 Å². The van der Waals surface area contributed by atoms with Crippen LogP contribution in [0.4, 0.5) is 13.2 Å². The van der Waals surface area contributed by atoms with Crippen molar-refractivity contribution in [1.29, 1.82) is 0 Å². The third kappa shape index (κ3) is 4.32. The second kappa shape index (κ2) is 9.08. The number of hydrogen-bond acceptors (Lipinski definition) is 2. The second-order valence-electron chi connectivity index (χ2n) is 8.76. The van der Waals surface area contributed by atoms with E-state index >= 15 is 0 Å². The molecule has 1 saturated heterocycles. The summed E-state index contributed by atoms with van der Waals surface area (Å²) >= 11 is 0. The van der Waals surface area contributed by atoms with Gasteiger partial charge in [0.2, 0.25) is 0 Å². The molecule has 0 radical (unpaired) electrons. The predicted octanol–water partition coefficient (Wildman–Crippen LogP) is 7.29.